The van der Waals surface area contributed by atoms with Gasteiger partial charge in [-0.2, -0.15) is 15.2 Å². The molecule has 2 aromatic heterocycles. The monoisotopic (exact) mass is 700 g/mol. The summed E-state index contributed by atoms with van der Waals surface area (Å²) in [5.74, 6) is -1.35. The van der Waals surface area contributed by atoms with Crippen LogP contribution in [0, 0.1) is 34.8 Å². The Hall–Kier alpha value is -3.60. The highest BCUT2D eigenvalue weighted by Crippen LogP contribution is 2.52. The van der Waals surface area contributed by atoms with E-state index in [4.69, 9.17) is 31.8 Å². The molecule has 4 aliphatic heterocycles. The number of thiophene rings is 1. The lowest BCUT2D eigenvalue weighted by Crippen LogP contribution is -2.43. The second-order valence-corrected chi connectivity index (χ2v) is 15.1. The molecule has 2 unspecified atom stereocenters. The number of halogens is 5. The second-order valence-electron chi connectivity index (χ2n) is 13.6. The minimum atomic E-state index is -2.50. The van der Waals surface area contributed by atoms with Gasteiger partial charge in [-0.25, -0.2) is 17.6 Å². The summed E-state index contributed by atoms with van der Waals surface area (Å²) in [6.45, 7) is 4.91. The molecule has 3 saturated heterocycles. The Kier molecular flexibility index (Phi) is 7.77. The van der Waals surface area contributed by atoms with Crippen molar-refractivity contribution in [2.75, 3.05) is 43.5 Å². The third-order valence-electron chi connectivity index (χ3n) is 10.7. The van der Waals surface area contributed by atoms with Crippen LogP contribution in [0.4, 0.5) is 28.4 Å². The van der Waals surface area contributed by atoms with E-state index in [1.165, 1.54) is 12.1 Å². The van der Waals surface area contributed by atoms with E-state index >= 15 is 4.39 Å². The van der Waals surface area contributed by atoms with E-state index < -0.39 is 30.0 Å². The van der Waals surface area contributed by atoms with E-state index in [1.807, 2.05) is 11.0 Å². The smallest absolute Gasteiger partial charge is 0.319 e. The lowest BCUT2D eigenvalue weighted by molar-refractivity contribution is 0.0638. The topological polar surface area (TPSA) is 101 Å². The van der Waals surface area contributed by atoms with Crippen LogP contribution >= 0.6 is 22.9 Å². The van der Waals surface area contributed by atoms with Crippen molar-refractivity contribution in [2.24, 2.45) is 11.8 Å². The highest BCUT2D eigenvalue weighted by atomic mass is 35.5. The van der Waals surface area contributed by atoms with Gasteiger partial charge in [-0.15, -0.1) is 11.3 Å². The molecule has 8 rings (SSSR count). The second kappa shape index (κ2) is 11.8. The fourth-order valence-corrected chi connectivity index (χ4v) is 9.84. The summed E-state index contributed by atoms with van der Waals surface area (Å²) in [6.07, 6.45) is 1.47. The van der Waals surface area contributed by atoms with Gasteiger partial charge in [-0.1, -0.05) is 24.6 Å². The lowest BCUT2D eigenvalue weighted by Gasteiger charge is -2.32. The van der Waals surface area contributed by atoms with Crippen LogP contribution in [0.25, 0.3) is 32.1 Å². The third-order valence-corrected chi connectivity index (χ3v) is 12.0. The Morgan fingerprint density at radius 3 is 2.85 bits per heavy atom. The fraction of sp³-hybridized carbons (Fsp3) is 0.500. The number of nitrogens with two attached hydrogens (primary N) is 1. The first-order valence-corrected chi connectivity index (χ1v) is 17.5. The largest absolute Gasteiger partial charge is 0.489 e. The Morgan fingerprint density at radius 2 is 2.06 bits per heavy atom. The van der Waals surface area contributed by atoms with Gasteiger partial charge in [0.2, 0.25) is 6.43 Å². The minimum absolute atomic E-state index is 0.000699. The number of hydrogen-bond donors (Lipinski definition) is 1. The minimum Gasteiger partial charge on any atom is -0.489 e. The van der Waals surface area contributed by atoms with Crippen LogP contribution in [0.3, 0.4) is 0 Å². The van der Waals surface area contributed by atoms with E-state index in [9.17, 15) is 18.4 Å². The number of rotatable bonds is 5. The third kappa shape index (κ3) is 4.85. The molecular weight excluding hydrogens is 668 g/mol. The Balaban J connectivity index is 1.33. The molecule has 0 radical (unpaired) electrons. The molecule has 0 saturated carbocycles. The van der Waals surface area contributed by atoms with E-state index in [1.54, 1.807) is 0 Å². The maximum absolute atomic E-state index is 17.2. The number of aromatic nitrogens is 2. The van der Waals surface area contributed by atoms with E-state index in [-0.39, 0.29) is 78.0 Å². The van der Waals surface area contributed by atoms with Gasteiger partial charge in [-0.05, 0) is 62.6 Å². The first-order valence-electron chi connectivity index (χ1n) is 16.3. The zero-order chi connectivity index (χ0) is 33.5. The standard InChI is InChI=1S/C34H33ClF4N6O2S/c1-16-11-34(7-3-8-44(34)13-16)15-47-33-42-27-24-28(46-14-18-10-17(30(38)39)4-2-9-45(18)32(24)43-33)25(35)23(26(27)37)19-5-6-21(36)29-22(19)20(12-40)31(41)48-29/h5-6,16-18,30H,2-4,7-11,13-15,41H2,1H3/t16-,17?,18?,34+/m1/s1. The van der Waals surface area contributed by atoms with Gasteiger partial charge in [0.25, 0.3) is 0 Å². The van der Waals surface area contributed by atoms with E-state index in [0.29, 0.717) is 37.7 Å². The molecule has 2 aromatic carbocycles. The molecule has 14 heteroatoms. The highest BCUT2D eigenvalue weighted by Gasteiger charge is 2.48. The number of fused-ring (bicyclic) bond motifs is 4. The maximum atomic E-state index is 17.2. The van der Waals surface area contributed by atoms with Crippen molar-refractivity contribution >= 4 is 54.7 Å². The van der Waals surface area contributed by atoms with Crippen molar-refractivity contribution < 1.29 is 27.0 Å². The van der Waals surface area contributed by atoms with Gasteiger partial charge in [0.05, 0.1) is 32.3 Å². The summed E-state index contributed by atoms with van der Waals surface area (Å²) in [6, 6.07) is 4.03. The molecule has 4 atom stereocenters. The van der Waals surface area contributed by atoms with Crippen LogP contribution in [0.1, 0.15) is 51.0 Å². The Labute approximate surface area is 283 Å². The number of alkyl halides is 2. The normalized spacial score (nSPS) is 25.5. The van der Waals surface area contributed by atoms with Gasteiger partial charge < -0.3 is 20.1 Å². The van der Waals surface area contributed by atoms with Crippen LogP contribution in [0.5, 0.6) is 11.8 Å². The van der Waals surface area contributed by atoms with Crippen molar-refractivity contribution in [1.82, 2.24) is 14.9 Å². The van der Waals surface area contributed by atoms with E-state index in [0.717, 1.165) is 43.7 Å². The van der Waals surface area contributed by atoms with Crippen molar-refractivity contribution in [1.29, 1.82) is 5.26 Å². The summed E-state index contributed by atoms with van der Waals surface area (Å²) < 4.78 is 73.0. The molecule has 0 aliphatic carbocycles. The van der Waals surface area contributed by atoms with Crippen molar-refractivity contribution in [2.45, 2.75) is 63.5 Å². The highest BCUT2D eigenvalue weighted by molar-refractivity contribution is 7.23. The SMILES string of the molecule is C[C@H]1CN2CCC[C@@]2(COc2nc3c4c(c(Cl)c(-c5ccc(F)c6sc(N)c(C#N)c56)c(F)c4n2)OCC2CC(C(F)F)CCCN32)C1. The van der Waals surface area contributed by atoms with Crippen LogP contribution in [-0.4, -0.2) is 65.7 Å². The summed E-state index contributed by atoms with van der Waals surface area (Å²) in [5.41, 5.74) is 5.83. The number of hydrogen-bond acceptors (Lipinski definition) is 9. The predicted octanol–water partition coefficient (Wildman–Crippen LogP) is 7.78. The van der Waals surface area contributed by atoms with Gasteiger partial charge in [0.1, 0.15) is 41.4 Å². The van der Waals surface area contributed by atoms with Gasteiger partial charge in [-0.3, -0.25) is 4.90 Å². The summed E-state index contributed by atoms with van der Waals surface area (Å²) in [5, 5.41) is 10.3. The number of benzene rings is 2. The van der Waals surface area contributed by atoms with Crippen molar-refractivity contribution in [3.63, 3.8) is 0 Å². The molecule has 8 nitrogen and oxygen atoms in total. The molecule has 0 bridgehead atoms. The quantitative estimate of drug-likeness (QED) is 0.211. The molecule has 3 fully saturated rings. The number of anilines is 2. The van der Waals surface area contributed by atoms with Gasteiger partial charge in [0, 0.05) is 30.0 Å². The van der Waals surface area contributed by atoms with Crippen molar-refractivity contribution in [3.8, 4) is 29.0 Å². The molecule has 252 valence electrons. The molecule has 48 heavy (non-hydrogen) atoms. The summed E-state index contributed by atoms with van der Waals surface area (Å²) >= 11 is 7.91. The summed E-state index contributed by atoms with van der Waals surface area (Å²) in [7, 11) is 0. The average Bonchev–Trinajstić information content (AvgIpc) is 3.59. The molecule has 0 spiro atoms. The van der Waals surface area contributed by atoms with Crippen LogP contribution in [-0.2, 0) is 0 Å². The number of nitrogen functional groups attached to an aromatic ring is 1. The first kappa shape index (κ1) is 31.7. The Bertz CT molecular complexity index is 2000. The Morgan fingerprint density at radius 1 is 1.23 bits per heavy atom. The lowest BCUT2D eigenvalue weighted by atomic mass is 9.92. The molecule has 2 N–H and O–H groups in total. The molecule has 4 aliphatic rings. The van der Waals surface area contributed by atoms with E-state index in [2.05, 4.69) is 16.8 Å². The number of nitriles is 1. The molecule has 6 heterocycles. The fourth-order valence-electron chi connectivity index (χ4n) is 8.56. The summed E-state index contributed by atoms with van der Waals surface area (Å²) in [4.78, 5) is 13.8. The first-order chi connectivity index (χ1) is 23.1. The zero-order valence-corrected chi connectivity index (χ0v) is 27.7. The van der Waals surface area contributed by atoms with Crippen molar-refractivity contribution in [3.05, 3.63) is 34.4 Å². The molecule has 0 amide bonds. The molecular formula is C34H33ClF4N6O2S. The average molecular weight is 701 g/mol. The number of nitrogens with zero attached hydrogens (tertiary/aromatic N) is 5. The maximum Gasteiger partial charge on any atom is 0.319 e. The van der Waals surface area contributed by atoms with Crippen LogP contribution in [0.15, 0.2) is 12.1 Å². The van der Waals surface area contributed by atoms with Gasteiger partial charge in [0.15, 0.2) is 11.6 Å². The predicted molar refractivity (Wildman–Crippen MR) is 177 cm³/mol. The van der Waals surface area contributed by atoms with Crippen LogP contribution < -0.4 is 20.1 Å². The van der Waals surface area contributed by atoms with Gasteiger partial charge >= 0.3 is 6.01 Å². The number of ether oxygens (including phenoxy) is 2. The van der Waals surface area contributed by atoms with Crippen LogP contribution in [0.2, 0.25) is 5.02 Å². The zero-order valence-electron chi connectivity index (χ0n) is 26.2. The molecule has 4 aromatic rings.